The van der Waals surface area contributed by atoms with Gasteiger partial charge in [-0.3, -0.25) is 4.79 Å². The smallest absolute Gasteiger partial charge is 0.223 e. The van der Waals surface area contributed by atoms with Gasteiger partial charge >= 0.3 is 0 Å². The van der Waals surface area contributed by atoms with E-state index in [-0.39, 0.29) is 11.3 Å². The minimum absolute atomic E-state index is 0.237. The maximum Gasteiger partial charge on any atom is 0.223 e. The van der Waals surface area contributed by atoms with Crippen molar-refractivity contribution in [3.63, 3.8) is 0 Å². The molecular formula is C16H30N2O. The first-order valence-electron chi connectivity index (χ1n) is 8.03. The highest BCUT2D eigenvalue weighted by Gasteiger charge is 2.35. The Bertz CT molecular complexity index is 306. The van der Waals surface area contributed by atoms with Gasteiger partial charge in [0, 0.05) is 12.0 Å². The van der Waals surface area contributed by atoms with E-state index in [1.165, 1.54) is 19.3 Å². The van der Waals surface area contributed by atoms with E-state index in [1.54, 1.807) is 0 Å². The van der Waals surface area contributed by atoms with Crippen LogP contribution in [0.2, 0.25) is 0 Å². The molecule has 2 fully saturated rings. The number of nitrogens with one attached hydrogen (secondary N) is 1. The van der Waals surface area contributed by atoms with Crippen LogP contribution in [0.4, 0.5) is 0 Å². The molecular weight excluding hydrogens is 236 g/mol. The highest BCUT2D eigenvalue weighted by atomic mass is 16.1. The average Bonchev–Trinajstić information content (AvgIpc) is 2.41. The van der Waals surface area contributed by atoms with Crippen LogP contribution in [0.25, 0.3) is 0 Å². The molecule has 2 aliphatic rings. The van der Waals surface area contributed by atoms with Crippen molar-refractivity contribution in [2.45, 2.75) is 71.3 Å². The first-order chi connectivity index (χ1) is 9.03. The van der Waals surface area contributed by atoms with Gasteiger partial charge in [0.2, 0.25) is 5.91 Å². The van der Waals surface area contributed by atoms with Crippen molar-refractivity contribution in [3.05, 3.63) is 0 Å². The van der Waals surface area contributed by atoms with E-state index in [0.717, 1.165) is 38.6 Å². The number of rotatable bonds is 3. The second kappa shape index (κ2) is 6.25. The van der Waals surface area contributed by atoms with E-state index in [0.29, 0.717) is 17.9 Å². The average molecular weight is 266 g/mol. The minimum Gasteiger partial charge on any atom is -0.353 e. The van der Waals surface area contributed by atoms with Crippen LogP contribution in [0.5, 0.6) is 0 Å². The lowest BCUT2D eigenvalue weighted by molar-refractivity contribution is -0.128. The molecule has 2 aliphatic carbocycles. The molecule has 0 aromatic heterocycles. The molecule has 1 unspecified atom stereocenters. The first-order valence-corrected chi connectivity index (χ1v) is 8.03. The van der Waals surface area contributed by atoms with Crippen LogP contribution < -0.4 is 11.1 Å². The summed E-state index contributed by atoms with van der Waals surface area (Å²) in [5.41, 5.74) is 5.98. The number of nitrogens with two attached hydrogens (primary N) is 1. The Labute approximate surface area is 117 Å². The molecule has 2 rings (SSSR count). The molecule has 0 aliphatic heterocycles. The molecule has 1 atom stereocenters. The molecule has 0 heterocycles. The van der Waals surface area contributed by atoms with Gasteiger partial charge in [-0.25, -0.2) is 0 Å². The maximum absolute atomic E-state index is 12.4. The molecule has 0 aromatic rings. The first kappa shape index (κ1) is 14.8. The fourth-order valence-corrected chi connectivity index (χ4v) is 3.71. The van der Waals surface area contributed by atoms with Crippen LogP contribution >= 0.6 is 0 Å². The van der Waals surface area contributed by atoms with E-state index in [9.17, 15) is 4.79 Å². The van der Waals surface area contributed by atoms with Crippen LogP contribution in [0.15, 0.2) is 0 Å². The van der Waals surface area contributed by atoms with Gasteiger partial charge in [0.15, 0.2) is 0 Å². The van der Waals surface area contributed by atoms with Crippen LogP contribution in [-0.4, -0.2) is 18.5 Å². The Hall–Kier alpha value is -0.570. The molecule has 2 saturated carbocycles. The molecule has 3 heteroatoms. The third-order valence-electron chi connectivity index (χ3n) is 5.37. The molecule has 0 aromatic carbocycles. The summed E-state index contributed by atoms with van der Waals surface area (Å²) >= 11 is 0. The number of carbonyl (C=O) groups excluding carboxylic acids is 1. The lowest BCUT2D eigenvalue weighted by atomic mass is 9.73. The van der Waals surface area contributed by atoms with Gasteiger partial charge in [0.25, 0.3) is 0 Å². The Morgan fingerprint density at radius 3 is 2.42 bits per heavy atom. The standard InChI is InChI=1S/C16H30N2O/c1-16(2)10-4-3-5-14(16)18-15(19)13-8-6-12(11-17)7-9-13/h12-14H,3-11,17H2,1-2H3,(H,18,19). The van der Waals surface area contributed by atoms with Gasteiger partial charge in [-0.15, -0.1) is 0 Å². The van der Waals surface area contributed by atoms with Crippen molar-refractivity contribution in [1.82, 2.24) is 5.32 Å². The molecule has 110 valence electrons. The third-order valence-corrected chi connectivity index (χ3v) is 5.37. The van der Waals surface area contributed by atoms with E-state index in [4.69, 9.17) is 5.73 Å². The molecule has 3 N–H and O–H groups in total. The maximum atomic E-state index is 12.4. The zero-order valence-electron chi connectivity index (χ0n) is 12.6. The lowest BCUT2D eigenvalue weighted by Gasteiger charge is -2.40. The van der Waals surface area contributed by atoms with Crippen LogP contribution in [-0.2, 0) is 4.79 Å². The van der Waals surface area contributed by atoms with Crippen molar-refractivity contribution in [1.29, 1.82) is 0 Å². The Morgan fingerprint density at radius 2 is 1.84 bits per heavy atom. The van der Waals surface area contributed by atoms with Gasteiger partial charge in [-0.1, -0.05) is 26.7 Å². The normalized spacial score (nSPS) is 34.8. The molecule has 3 nitrogen and oxygen atoms in total. The Kier molecular flexibility index (Phi) is 4.88. The summed E-state index contributed by atoms with van der Waals surface area (Å²) in [6.45, 7) is 5.37. The lowest BCUT2D eigenvalue weighted by Crippen LogP contribution is -2.49. The Balaban J connectivity index is 1.84. The second-order valence-electron chi connectivity index (χ2n) is 7.25. The summed E-state index contributed by atoms with van der Waals surface area (Å²) in [7, 11) is 0. The topological polar surface area (TPSA) is 55.1 Å². The predicted molar refractivity (Wildman–Crippen MR) is 78.7 cm³/mol. The van der Waals surface area contributed by atoms with Gasteiger partial charge in [-0.2, -0.15) is 0 Å². The summed E-state index contributed by atoms with van der Waals surface area (Å²) in [6.07, 6.45) is 9.26. The zero-order valence-corrected chi connectivity index (χ0v) is 12.6. The van der Waals surface area contributed by atoms with Crippen molar-refractivity contribution in [3.8, 4) is 0 Å². The zero-order chi connectivity index (χ0) is 13.9. The van der Waals surface area contributed by atoms with Crippen molar-refractivity contribution < 1.29 is 4.79 Å². The molecule has 0 radical (unpaired) electrons. The number of hydrogen-bond donors (Lipinski definition) is 2. The second-order valence-corrected chi connectivity index (χ2v) is 7.25. The fraction of sp³-hybridized carbons (Fsp3) is 0.938. The van der Waals surface area contributed by atoms with Crippen molar-refractivity contribution in [2.24, 2.45) is 23.0 Å². The van der Waals surface area contributed by atoms with E-state index >= 15 is 0 Å². The summed E-state index contributed by atoms with van der Waals surface area (Å²) in [5, 5.41) is 3.34. The quantitative estimate of drug-likeness (QED) is 0.825. The number of carbonyl (C=O) groups is 1. The number of hydrogen-bond acceptors (Lipinski definition) is 2. The number of amides is 1. The van der Waals surface area contributed by atoms with Crippen LogP contribution in [0.3, 0.4) is 0 Å². The molecule has 1 amide bonds. The highest BCUT2D eigenvalue weighted by Crippen LogP contribution is 2.36. The van der Waals surface area contributed by atoms with E-state index < -0.39 is 0 Å². The largest absolute Gasteiger partial charge is 0.353 e. The van der Waals surface area contributed by atoms with Gasteiger partial charge < -0.3 is 11.1 Å². The van der Waals surface area contributed by atoms with Gasteiger partial charge in [-0.05, 0) is 56.4 Å². The van der Waals surface area contributed by atoms with Gasteiger partial charge in [0.1, 0.15) is 0 Å². The van der Waals surface area contributed by atoms with Crippen LogP contribution in [0.1, 0.15) is 65.2 Å². The summed E-state index contributed by atoms with van der Waals surface area (Å²) in [6, 6.07) is 0.376. The van der Waals surface area contributed by atoms with Crippen LogP contribution in [0, 0.1) is 17.3 Å². The van der Waals surface area contributed by atoms with E-state index in [1.807, 2.05) is 0 Å². The van der Waals surface area contributed by atoms with Gasteiger partial charge in [0.05, 0.1) is 0 Å². The fourth-order valence-electron chi connectivity index (χ4n) is 3.71. The van der Waals surface area contributed by atoms with Crippen molar-refractivity contribution in [2.75, 3.05) is 6.54 Å². The minimum atomic E-state index is 0.237. The summed E-state index contributed by atoms with van der Waals surface area (Å²) in [4.78, 5) is 12.4. The molecule has 19 heavy (non-hydrogen) atoms. The monoisotopic (exact) mass is 266 g/mol. The predicted octanol–water partition coefficient (Wildman–Crippen LogP) is 2.84. The third kappa shape index (κ3) is 3.71. The Morgan fingerprint density at radius 1 is 1.16 bits per heavy atom. The highest BCUT2D eigenvalue weighted by molar-refractivity contribution is 5.79. The molecule has 0 saturated heterocycles. The summed E-state index contributed by atoms with van der Waals surface area (Å²) in [5.74, 6) is 1.19. The van der Waals surface area contributed by atoms with E-state index in [2.05, 4.69) is 19.2 Å². The molecule has 0 bridgehead atoms. The summed E-state index contributed by atoms with van der Waals surface area (Å²) < 4.78 is 0. The molecule has 0 spiro atoms. The SMILES string of the molecule is CC1(C)CCCCC1NC(=O)C1CCC(CN)CC1. The van der Waals surface area contributed by atoms with Crippen molar-refractivity contribution >= 4 is 5.91 Å².